The van der Waals surface area contributed by atoms with Crippen LogP contribution in [0, 0.1) is 22.7 Å². The van der Waals surface area contributed by atoms with E-state index in [4.69, 9.17) is 0 Å². The standard InChI is InChI=1S/C44H29N3Si/c45-30-32-28-29-33(31-46)44(47-40-25-13-10-22-37(40)38-23-11-14-26-41(38)47)43(32)39-24-12-15-27-42(39)48(34-16-4-1-5-17-34,35-18-6-2-7-19-35)36-20-8-3-9-21-36/h1-29H. The van der Waals surface area contributed by atoms with Crippen molar-refractivity contribution < 1.29 is 0 Å². The molecule has 7 aromatic carbocycles. The molecule has 0 radical (unpaired) electrons. The third-order valence-electron chi connectivity index (χ3n) is 9.44. The van der Waals surface area contributed by atoms with Gasteiger partial charge in [0.05, 0.1) is 33.9 Å². The molecule has 224 valence electrons. The molecule has 1 aromatic heterocycles. The van der Waals surface area contributed by atoms with Crippen LogP contribution in [0.1, 0.15) is 11.1 Å². The van der Waals surface area contributed by atoms with Crippen LogP contribution in [0.2, 0.25) is 0 Å². The molecule has 0 unspecified atom stereocenters. The quantitative estimate of drug-likeness (QED) is 0.141. The molecule has 8 aromatic rings. The monoisotopic (exact) mass is 627 g/mol. The lowest BCUT2D eigenvalue weighted by Crippen LogP contribution is -2.75. The molecule has 0 N–H and O–H groups in total. The van der Waals surface area contributed by atoms with E-state index >= 15 is 0 Å². The molecule has 0 aliphatic carbocycles. The van der Waals surface area contributed by atoms with Crippen LogP contribution >= 0.6 is 0 Å². The van der Waals surface area contributed by atoms with Crippen molar-refractivity contribution in [1.29, 1.82) is 10.5 Å². The summed E-state index contributed by atoms with van der Waals surface area (Å²) in [6, 6.07) is 66.1. The number of fused-ring (bicyclic) bond motifs is 3. The van der Waals surface area contributed by atoms with Crippen molar-refractivity contribution in [3.8, 4) is 29.0 Å². The smallest absolute Gasteiger partial charge is 0.180 e. The fourth-order valence-corrected chi connectivity index (χ4v) is 12.5. The lowest BCUT2D eigenvalue weighted by atomic mass is 9.94. The molecule has 0 saturated heterocycles. The topological polar surface area (TPSA) is 52.5 Å². The van der Waals surface area contributed by atoms with Gasteiger partial charge in [-0.1, -0.05) is 152 Å². The van der Waals surface area contributed by atoms with Gasteiger partial charge in [0.2, 0.25) is 0 Å². The van der Waals surface area contributed by atoms with Crippen LogP contribution in [-0.4, -0.2) is 12.6 Å². The summed E-state index contributed by atoms with van der Waals surface area (Å²) in [6.07, 6.45) is 0. The van der Waals surface area contributed by atoms with E-state index in [-0.39, 0.29) is 0 Å². The molecule has 48 heavy (non-hydrogen) atoms. The molecule has 0 atom stereocenters. The van der Waals surface area contributed by atoms with Gasteiger partial charge in [-0.25, -0.2) is 0 Å². The van der Waals surface area contributed by atoms with Gasteiger partial charge >= 0.3 is 0 Å². The second-order valence-electron chi connectivity index (χ2n) is 11.9. The first kappa shape index (κ1) is 29.0. The van der Waals surface area contributed by atoms with Gasteiger partial charge in [0.25, 0.3) is 0 Å². The largest absolute Gasteiger partial charge is 0.307 e. The van der Waals surface area contributed by atoms with Crippen molar-refractivity contribution in [2.45, 2.75) is 0 Å². The molecule has 0 fully saturated rings. The number of rotatable bonds is 6. The molecule has 3 nitrogen and oxygen atoms in total. The minimum atomic E-state index is -3.01. The number of para-hydroxylation sites is 2. The Morgan fingerprint density at radius 3 is 1.33 bits per heavy atom. The number of benzene rings is 7. The normalized spacial score (nSPS) is 11.3. The maximum atomic E-state index is 10.8. The molecule has 0 spiro atoms. The zero-order chi connectivity index (χ0) is 32.5. The van der Waals surface area contributed by atoms with Gasteiger partial charge in [0.15, 0.2) is 8.07 Å². The van der Waals surface area contributed by atoms with Crippen LogP contribution in [0.25, 0.3) is 38.6 Å². The lowest BCUT2D eigenvalue weighted by molar-refractivity contribution is 1.17. The van der Waals surface area contributed by atoms with E-state index in [1.807, 2.05) is 24.3 Å². The number of hydrogen-bond donors (Lipinski definition) is 0. The minimum Gasteiger partial charge on any atom is -0.307 e. The zero-order valence-corrected chi connectivity index (χ0v) is 27.1. The summed E-state index contributed by atoms with van der Waals surface area (Å²) in [6.45, 7) is 0. The fraction of sp³-hybridized carbons (Fsp3) is 0. The molecular formula is C44H29N3Si. The summed E-state index contributed by atoms with van der Waals surface area (Å²) < 4.78 is 2.19. The van der Waals surface area contributed by atoms with Crippen LogP contribution in [0.5, 0.6) is 0 Å². The SMILES string of the molecule is N#Cc1ccc(C#N)c(-n2c3ccccc3c3ccccc32)c1-c1ccccc1[Si](c1ccccc1)(c1ccccc1)c1ccccc1. The summed E-state index contributed by atoms with van der Waals surface area (Å²) in [5.74, 6) is 0. The highest BCUT2D eigenvalue weighted by molar-refractivity contribution is 7.20. The Labute approximate surface area is 280 Å². The Kier molecular flexibility index (Phi) is 7.27. The van der Waals surface area contributed by atoms with Gasteiger partial charge in [0, 0.05) is 16.3 Å². The molecule has 0 bridgehead atoms. The van der Waals surface area contributed by atoms with Crippen molar-refractivity contribution in [3.05, 3.63) is 187 Å². The van der Waals surface area contributed by atoms with Crippen LogP contribution in [-0.2, 0) is 0 Å². The summed E-state index contributed by atoms with van der Waals surface area (Å²) >= 11 is 0. The van der Waals surface area contributed by atoms with Gasteiger partial charge < -0.3 is 4.57 Å². The summed E-state index contributed by atoms with van der Waals surface area (Å²) in [4.78, 5) is 0. The number of aromatic nitrogens is 1. The van der Waals surface area contributed by atoms with E-state index in [9.17, 15) is 10.5 Å². The molecule has 0 saturated carbocycles. The van der Waals surface area contributed by atoms with E-state index in [1.165, 1.54) is 15.6 Å². The maximum absolute atomic E-state index is 10.8. The van der Waals surface area contributed by atoms with Crippen LogP contribution in [0.3, 0.4) is 0 Å². The molecule has 0 aliphatic heterocycles. The molecule has 1 heterocycles. The Balaban J connectivity index is 1.58. The molecule has 0 aliphatic rings. The summed E-state index contributed by atoms with van der Waals surface area (Å²) in [7, 11) is -3.01. The van der Waals surface area contributed by atoms with E-state index in [0.29, 0.717) is 11.1 Å². The van der Waals surface area contributed by atoms with Crippen molar-refractivity contribution in [2.75, 3.05) is 0 Å². The Hall–Kier alpha value is -6.46. The first-order valence-corrected chi connectivity index (χ1v) is 18.0. The van der Waals surface area contributed by atoms with Gasteiger partial charge in [0.1, 0.15) is 6.07 Å². The molecule has 8 rings (SSSR count). The number of nitriles is 2. The molecule has 0 amide bonds. The van der Waals surface area contributed by atoms with E-state index < -0.39 is 8.07 Å². The van der Waals surface area contributed by atoms with Crippen LogP contribution in [0.4, 0.5) is 0 Å². The third kappa shape index (κ3) is 4.40. The minimum absolute atomic E-state index is 0.511. The van der Waals surface area contributed by atoms with Crippen molar-refractivity contribution >= 4 is 50.6 Å². The van der Waals surface area contributed by atoms with Crippen molar-refractivity contribution in [3.63, 3.8) is 0 Å². The average molecular weight is 628 g/mol. The fourth-order valence-electron chi connectivity index (χ4n) is 7.50. The van der Waals surface area contributed by atoms with Crippen LogP contribution < -0.4 is 20.7 Å². The number of nitrogens with zero attached hydrogens (tertiary/aromatic N) is 3. The van der Waals surface area contributed by atoms with E-state index in [2.05, 4.69) is 156 Å². The van der Waals surface area contributed by atoms with E-state index in [0.717, 1.165) is 43.8 Å². The second-order valence-corrected chi connectivity index (χ2v) is 15.6. The highest BCUT2D eigenvalue weighted by Gasteiger charge is 2.43. The summed E-state index contributed by atoms with van der Waals surface area (Å²) in [5.41, 5.74) is 5.44. The predicted octanol–water partition coefficient (Wildman–Crippen LogP) is 7.57. The lowest BCUT2D eigenvalue weighted by Gasteiger charge is -2.36. The highest BCUT2D eigenvalue weighted by atomic mass is 28.3. The average Bonchev–Trinajstić information content (AvgIpc) is 3.50. The zero-order valence-electron chi connectivity index (χ0n) is 26.1. The van der Waals surface area contributed by atoms with Gasteiger partial charge in [-0.15, -0.1) is 0 Å². The first-order chi connectivity index (χ1) is 23.8. The predicted molar refractivity (Wildman–Crippen MR) is 199 cm³/mol. The Morgan fingerprint density at radius 2 is 0.833 bits per heavy atom. The van der Waals surface area contributed by atoms with E-state index in [1.54, 1.807) is 12.1 Å². The Morgan fingerprint density at radius 1 is 0.417 bits per heavy atom. The Bertz CT molecular complexity index is 2370. The van der Waals surface area contributed by atoms with Gasteiger partial charge in [-0.3, -0.25) is 0 Å². The maximum Gasteiger partial charge on any atom is 0.180 e. The van der Waals surface area contributed by atoms with Crippen molar-refractivity contribution in [1.82, 2.24) is 4.57 Å². The number of hydrogen-bond acceptors (Lipinski definition) is 2. The van der Waals surface area contributed by atoms with Crippen LogP contribution in [0.15, 0.2) is 176 Å². The van der Waals surface area contributed by atoms with Crippen molar-refractivity contribution in [2.24, 2.45) is 0 Å². The van der Waals surface area contributed by atoms with Gasteiger partial charge in [-0.2, -0.15) is 10.5 Å². The molecule has 4 heteroatoms. The molecular weight excluding hydrogens is 599 g/mol. The second kappa shape index (κ2) is 12.0. The highest BCUT2D eigenvalue weighted by Crippen LogP contribution is 2.39. The summed E-state index contributed by atoms with van der Waals surface area (Å²) in [5, 5.41) is 28.6. The third-order valence-corrected chi connectivity index (χ3v) is 14.3. The first-order valence-electron chi connectivity index (χ1n) is 16.0. The van der Waals surface area contributed by atoms with Gasteiger partial charge in [-0.05, 0) is 50.6 Å².